The number of nitrogens with one attached hydrogen (secondary N) is 1. The van der Waals surface area contributed by atoms with Gasteiger partial charge in [0.25, 0.3) is 5.91 Å². The van der Waals surface area contributed by atoms with Crippen molar-refractivity contribution >= 4 is 23.2 Å². The number of aromatic nitrogens is 2. The molecule has 1 amide bonds. The van der Waals surface area contributed by atoms with Crippen molar-refractivity contribution in [3.8, 4) is 5.75 Å². The van der Waals surface area contributed by atoms with Crippen molar-refractivity contribution in [2.24, 2.45) is 0 Å². The van der Waals surface area contributed by atoms with E-state index < -0.39 is 6.10 Å². The molecule has 1 heterocycles. The number of ether oxygens (including phenoxy) is 1. The third-order valence-corrected chi connectivity index (χ3v) is 4.92. The summed E-state index contributed by atoms with van der Waals surface area (Å²) < 4.78 is 7.62. The predicted octanol–water partition coefficient (Wildman–Crippen LogP) is 4.92. The van der Waals surface area contributed by atoms with Crippen LogP contribution in [0.1, 0.15) is 29.4 Å². The summed E-state index contributed by atoms with van der Waals surface area (Å²) in [5.74, 6) is 0.320. The fourth-order valence-corrected chi connectivity index (χ4v) is 3.18. The number of hydrogen-bond acceptors (Lipinski definition) is 3. The SMILES string of the molecule is Cc1ccccc1Cn1nc(C)c(NC(=O)[C@H](C)Oc2cccc(Cl)c2)c1C. The number of rotatable bonds is 6. The molecule has 0 aliphatic heterocycles. The van der Waals surface area contributed by atoms with Crippen LogP contribution in [0.15, 0.2) is 48.5 Å². The van der Waals surface area contributed by atoms with E-state index in [-0.39, 0.29) is 5.91 Å². The Labute approximate surface area is 170 Å². The lowest BCUT2D eigenvalue weighted by molar-refractivity contribution is -0.122. The number of nitrogens with zero attached hydrogens (tertiary/aromatic N) is 2. The van der Waals surface area contributed by atoms with Crippen molar-refractivity contribution in [3.05, 3.63) is 76.1 Å². The largest absolute Gasteiger partial charge is 0.481 e. The zero-order chi connectivity index (χ0) is 20.3. The van der Waals surface area contributed by atoms with Gasteiger partial charge in [-0.3, -0.25) is 9.48 Å². The lowest BCUT2D eigenvalue weighted by Crippen LogP contribution is -2.30. The van der Waals surface area contributed by atoms with Gasteiger partial charge in [0, 0.05) is 5.02 Å². The highest BCUT2D eigenvalue weighted by atomic mass is 35.5. The molecule has 0 bridgehead atoms. The highest BCUT2D eigenvalue weighted by Gasteiger charge is 2.20. The summed E-state index contributed by atoms with van der Waals surface area (Å²) in [5.41, 5.74) is 4.81. The van der Waals surface area contributed by atoms with E-state index in [1.807, 2.05) is 30.7 Å². The summed E-state index contributed by atoms with van der Waals surface area (Å²) in [7, 11) is 0. The van der Waals surface area contributed by atoms with Gasteiger partial charge in [-0.1, -0.05) is 41.9 Å². The number of hydrogen-bond donors (Lipinski definition) is 1. The Morgan fingerprint density at radius 1 is 1.18 bits per heavy atom. The zero-order valence-corrected chi connectivity index (χ0v) is 17.2. The fourth-order valence-electron chi connectivity index (χ4n) is 3.00. The normalized spacial score (nSPS) is 11.9. The van der Waals surface area contributed by atoms with Crippen molar-refractivity contribution in [1.29, 1.82) is 0 Å². The molecule has 1 atom stereocenters. The van der Waals surface area contributed by atoms with Gasteiger partial charge in [0.1, 0.15) is 5.75 Å². The minimum absolute atomic E-state index is 0.235. The first kappa shape index (κ1) is 20.0. The summed E-state index contributed by atoms with van der Waals surface area (Å²) in [4.78, 5) is 12.6. The molecule has 0 saturated heterocycles. The van der Waals surface area contributed by atoms with Gasteiger partial charge in [-0.15, -0.1) is 0 Å². The van der Waals surface area contributed by atoms with Gasteiger partial charge < -0.3 is 10.1 Å². The highest BCUT2D eigenvalue weighted by Crippen LogP contribution is 2.23. The van der Waals surface area contributed by atoms with E-state index in [4.69, 9.17) is 16.3 Å². The molecule has 0 aliphatic carbocycles. The number of aryl methyl sites for hydroxylation is 2. The van der Waals surface area contributed by atoms with Crippen molar-refractivity contribution in [2.75, 3.05) is 5.32 Å². The number of amides is 1. The van der Waals surface area contributed by atoms with E-state index in [9.17, 15) is 4.79 Å². The fraction of sp³-hybridized carbons (Fsp3) is 0.273. The van der Waals surface area contributed by atoms with Crippen molar-refractivity contribution in [1.82, 2.24) is 9.78 Å². The summed E-state index contributed by atoms with van der Waals surface area (Å²) in [6.45, 7) is 8.29. The Hall–Kier alpha value is -2.79. The van der Waals surface area contributed by atoms with Crippen LogP contribution in [0.3, 0.4) is 0 Å². The van der Waals surface area contributed by atoms with Crippen LogP contribution in [0.25, 0.3) is 0 Å². The molecule has 5 nitrogen and oxygen atoms in total. The first-order chi connectivity index (χ1) is 13.3. The zero-order valence-electron chi connectivity index (χ0n) is 16.5. The van der Waals surface area contributed by atoms with Crippen molar-refractivity contribution in [2.45, 2.75) is 40.3 Å². The molecule has 0 radical (unpaired) electrons. The van der Waals surface area contributed by atoms with E-state index in [2.05, 4.69) is 29.5 Å². The molecule has 6 heteroatoms. The second-order valence-electron chi connectivity index (χ2n) is 6.84. The minimum Gasteiger partial charge on any atom is -0.481 e. The third-order valence-electron chi connectivity index (χ3n) is 4.69. The smallest absolute Gasteiger partial charge is 0.265 e. The number of carbonyl (C=O) groups excluding carboxylic acids is 1. The van der Waals surface area contributed by atoms with Crippen LogP contribution < -0.4 is 10.1 Å². The Bertz CT molecular complexity index is 997. The lowest BCUT2D eigenvalue weighted by Gasteiger charge is -2.15. The monoisotopic (exact) mass is 397 g/mol. The maximum absolute atomic E-state index is 12.6. The standard InChI is InChI=1S/C22H24ClN3O2/c1-14-8-5-6-9-18(14)13-26-16(3)21(15(2)25-26)24-22(27)17(4)28-20-11-7-10-19(23)12-20/h5-12,17H,13H2,1-4H3,(H,24,27)/t17-/m0/s1. The Morgan fingerprint density at radius 3 is 2.64 bits per heavy atom. The second-order valence-corrected chi connectivity index (χ2v) is 7.27. The third kappa shape index (κ3) is 4.54. The molecule has 0 saturated carbocycles. The summed E-state index contributed by atoms with van der Waals surface area (Å²) in [6, 6.07) is 15.2. The van der Waals surface area contributed by atoms with Crippen LogP contribution in [0.4, 0.5) is 5.69 Å². The molecule has 0 unspecified atom stereocenters. The summed E-state index contributed by atoms with van der Waals surface area (Å²) in [5, 5.41) is 8.12. The molecule has 0 aliphatic rings. The van der Waals surface area contributed by atoms with Crippen LogP contribution in [0.5, 0.6) is 5.75 Å². The van der Waals surface area contributed by atoms with Gasteiger partial charge in [-0.05, 0) is 57.0 Å². The molecular formula is C22H24ClN3O2. The number of benzene rings is 2. The lowest BCUT2D eigenvalue weighted by atomic mass is 10.1. The topological polar surface area (TPSA) is 56.2 Å². The maximum atomic E-state index is 12.6. The molecule has 146 valence electrons. The van der Waals surface area contributed by atoms with Crippen LogP contribution in [-0.2, 0) is 11.3 Å². The van der Waals surface area contributed by atoms with E-state index in [1.54, 1.807) is 31.2 Å². The molecule has 1 aromatic heterocycles. The van der Waals surface area contributed by atoms with Gasteiger partial charge >= 0.3 is 0 Å². The van der Waals surface area contributed by atoms with E-state index in [0.29, 0.717) is 17.3 Å². The maximum Gasteiger partial charge on any atom is 0.265 e. The second kappa shape index (κ2) is 8.48. The molecule has 3 rings (SSSR count). The van der Waals surface area contributed by atoms with Crippen molar-refractivity contribution in [3.63, 3.8) is 0 Å². The van der Waals surface area contributed by atoms with Gasteiger partial charge in [-0.25, -0.2) is 0 Å². The van der Waals surface area contributed by atoms with Gasteiger partial charge in [0.2, 0.25) is 0 Å². The predicted molar refractivity (Wildman–Crippen MR) is 112 cm³/mol. The first-order valence-corrected chi connectivity index (χ1v) is 9.54. The van der Waals surface area contributed by atoms with Gasteiger partial charge in [0.15, 0.2) is 6.10 Å². The summed E-state index contributed by atoms with van der Waals surface area (Å²) >= 11 is 5.97. The molecule has 0 spiro atoms. The average Bonchev–Trinajstić information content (AvgIpc) is 2.91. The van der Waals surface area contributed by atoms with E-state index in [1.165, 1.54) is 11.1 Å². The van der Waals surface area contributed by atoms with Crippen LogP contribution in [0, 0.1) is 20.8 Å². The van der Waals surface area contributed by atoms with E-state index in [0.717, 1.165) is 17.1 Å². The molecule has 2 aromatic carbocycles. The molecular weight excluding hydrogens is 374 g/mol. The number of carbonyl (C=O) groups is 1. The number of halogens is 1. The molecule has 3 aromatic rings. The molecule has 28 heavy (non-hydrogen) atoms. The Morgan fingerprint density at radius 2 is 1.93 bits per heavy atom. The highest BCUT2D eigenvalue weighted by molar-refractivity contribution is 6.30. The Balaban J connectivity index is 1.72. The Kier molecular flexibility index (Phi) is 6.05. The van der Waals surface area contributed by atoms with Crippen molar-refractivity contribution < 1.29 is 9.53 Å². The quantitative estimate of drug-likeness (QED) is 0.642. The van der Waals surface area contributed by atoms with E-state index >= 15 is 0 Å². The average molecular weight is 398 g/mol. The first-order valence-electron chi connectivity index (χ1n) is 9.16. The minimum atomic E-state index is -0.669. The van der Waals surface area contributed by atoms with Crippen LogP contribution in [-0.4, -0.2) is 21.8 Å². The van der Waals surface area contributed by atoms with Gasteiger partial charge in [-0.2, -0.15) is 5.10 Å². The van der Waals surface area contributed by atoms with Crippen LogP contribution >= 0.6 is 11.6 Å². The molecule has 0 fully saturated rings. The number of anilines is 1. The molecule has 1 N–H and O–H groups in total. The summed E-state index contributed by atoms with van der Waals surface area (Å²) in [6.07, 6.45) is -0.669. The van der Waals surface area contributed by atoms with Gasteiger partial charge in [0.05, 0.1) is 23.6 Å². The van der Waals surface area contributed by atoms with Crippen LogP contribution in [0.2, 0.25) is 5.02 Å².